The van der Waals surface area contributed by atoms with Gasteiger partial charge in [-0.15, -0.1) is 0 Å². The first-order valence-corrected chi connectivity index (χ1v) is 7.35. The Hall–Kier alpha value is -0.0500. The van der Waals surface area contributed by atoms with Gasteiger partial charge >= 0.3 is 0 Å². The van der Waals surface area contributed by atoms with Crippen molar-refractivity contribution in [3.05, 3.63) is 33.3 Å². The number of rotatable bonds is 2. The van der Waals surface area contributed by atoms with Crippen LogP contribution < -0.4 is 0 Å². The Morgan fingerprint density at radius 3 is 2.88 bits per heavy atom. The Balaban J connectivity index is 2.08. The predicted molar refractivity (Wildman–Crippen MR) is 75.4 cm³/mol. The van der Waals surface area contributed by atoms with Gasteiger partial charge in [0.1, 0.15) is 0 Å². The fraction of sp³-hybridized carbons (Fsp3) is 0.571. The summed E-state index contributed by atoms with van der Waals surface area (Å²) >= 11 is 9.63. The molecular formula is C14H18BrClO. The summed E-state index contributed by atoms with van der Waals surface area (Å²) < 4.78 is 1.00. The van der Waals surface area contributed by atoms with Crippen LogP contribution in [-0.2, 0) is 6.42 Å². The Kier molecular flexibility index (Phi) is 4.51. The molecular weight excluding hydrogens is 300 g/mol. The summed E-state index contributed by atoms with van der Waals surface area (Å²) in [6, 6.07) is 5.99. The van der Waals surface area contributed by atoms with E-state index in [1.807, 2.05) is 12.1 Å². The minimum atomic E-state index is -0.161. The van der Waals surface area contributed by atoms with Gasteiger partial charge in [0.15, 0.2) is 0 Å². The van der Waals surface area contributed by atoms with Gasteiger partial charge in [0.05, 0.1) is 6.10 Å². The third-order valence-corrected chi connectivity index (χ3v) is 4.55. The maximum Gasteiger partial charge on any atom is 0.0571 e. The number of aliphatic hydroxyl groups excluding tert-OH is 1. The smallest absolute Gasteiger partial charge is 0.0571 e. The van der Waals surface area contributed by atoms with Crippen molar-refractivity contribution >= 4 is 27.5 Å². The van der Waals surface area contributed by atoms with Crippen LogP contribution in [0.25, 0.3) is 0 Å². The van der Waals surface area contributed by atoms with Crippen LogP contribution in [0.4, 0.5) is 0 Å². The van der Waals surface area contributed by atoms with Crippen molar-refractivity contribution in [2.45, 2.75) is 38.7 Å². The van der Waals surface area contributed by atoms with Gasteiger partial charge < -0.3 is 5.11 Å². The van der Waals surface area contributed by atoms with Crippen molar-refractivity contribution in [3.63, 3.8) is 0 Å². The second kappa shape index (κ2) is 5.73. The third kappa shape index (κ3) is 3.46. The molecule has 0 amide bonds. The van der Waals surface area contributed by atoms with Gasteiger partial charge in [-0.1, -0.05) is 40.5 Å². The molecule has 1 aromatic rings. The van der Waals surface area contributed by atoms with E-state index in [4.69, 9.17) is 11.6 Å². The summed E-state index contributed by atoms with van der Waals surface area (Å²) in [6.45, 7) is 2.27. The molecule has 0 spiro atoms. The Bertz CT molecular complexity index is 394. The van der Waals surface area contributed by atoms with Gasteiger partial charge in [-0.25, -0.2) is 0 Å². The van der Waals surface area contributed by atoms with Crippen LogP contribution in [0.5, 0.6) is 0 Å². The first-order valence-electron chi connectivity index (χ1n) is 6.18. The molecule has 1 N–H and O–H groups in total. The lowest BCUT2D eigenvalue weighted by Gasteiger charge is -2.31. The molecule has 0 aliphatic heterocycles. The maximum absolute atomic E-state index is 10.0. The molecule has 3 heteroatoms. The van der Waals surface area contributed by atoms with E-state index < -0.39 is 0 Å². The predicted octanol–water partition coefficient (Wildman–Crippen LogP) is 4.44. The van der Waals surface area contributed by atoms with Gasteiger partial charge in [0.2, 0.25) is 0 Å². The summed E-state index contributed by atoms with van der Waals surface area (Å²) in [5, 5.41) is 10.8. The van der Waals surface area contributed by atoms with Gasteiger partial charge in [-0.05, 0) is 55.2 Å². The number of aliphatic hydroxyl groups is 1. The molecule has 0 saturated heterocycles. The van der Waals surface area contributed by atoms with E-state index in [9.17, 15) is 5.11 Å². The van der Waals surface area contributed by atoms with Gasteiger partial charge in [0.25, 0.3) is 0 Å². The minimum absolute atomic E-state index is 0.161. The second-order valence-electron chi connectivity index (χ2n) is 5.19. The van der Waals surface area contributed by atoms with Gasteiger partial charge in [-0.2, -0.15) is 0 Å². The number of halogens is 2. The highest BCUT2D eigenvalue weighted by molar-refractivity contribution is 9.10. The Morgan fingerprint density at radius 2 is 2.18 bits per heavy atom. The van der Waals surface area contributed by atoms with Crippen molar-refractivity contribution in [3.8, 4) is 0 Å². The van der Waals surface area contributed by atoms with Crippen LogP contribution in [0.3, 0.4) is 0 Å². The molecule has 3 atom stereocenters. The van der Waals surface area contributed by atoms with E-state index in [1.54, 1.807) is 0 Å². The molecule has 2 rings (SSSR count). The van der Waals surface area contributed by atoms with Gasteiger partial charge in [-0.3, -0.25) is 0 Å². The fourth-order valence-electron chi connectivity index (χ4n) is 2.67. The van der Waals surface area contributed by atoms with E-state index in [2.05, 4.69) is 28.9 Å². The van der Waals surface area contributed by atoms with Crippen LogP contribution in [0, 0.1) is 11.8 Å². The largest absolute Gasteiger partial charge is 0.393 e. The topological polar surface area (TPSA) is 20.2 Å². The quantitative estimate of drug-likeness (QED) is 0.855. The summed E-state index contributed by atoms with van der Waals surface area (Å²) in [5.74, 6) is 1.08. The van der Waals surface area contributed by atoms with Crippen molar-refractivity contribution in [1.82, 2.24) is 0 Å². The second-order valence-corrected chi connectivity index (χ2v) is 6.51. The van der Waals surface area contributed by atoms with E-state index in [1.165, 1.54) is 0 Å². The van der Waals surface area contributed by atoms with E-state index in [0.29, 0.717) is 5.92 Å². The molecule has 1 aromatic carbocycles. The average Bonchev–Trinajstić information content (AvgIpc) is 2.27. The normalized spacial score (nSPS) is 29.3. The molecule has 3 unspecified atom stereocenters. The minimum Gasteiger partial charge on any atom is -0.393 e. The number of hydrogen-bond acceptors (Lipinski definition) is 1. The molecule has 1 nitrogen and oxygen atoms in total. The molecule has 94 valence electrons. The Morgan fingerprint density at radius 1 is 1.41 bits per heavy atom. The molecule has 1 saturated carbocycles. The molecule has 0 aromatic heterocycles. The summed E-state index contributed by atoms with van der Waals surface area (Å²) in [7, 11) is 0. The molecule has 1 aliphatic carbocycles. The van der Waals surface area contributed by atoms with Crippen LogP contribution in [0.1, 0.15) is 31.7 Å². The van der Waals surface area contributed by atoms with Crippen molar-refractivity contribution in [2.24, 2.45) is 11.8 Å². The third-order valence-electron chi connectivity index (χ3n) is 3.70. The zero-order valence-corrected chi connectivity index (χ0v) is 12.3. The van der Waals surface area contributed by atoms with E-state index in [0.717, 1.165) is 46.7 Å². The molecule has 0 heterocycles. The molecule has 1 fully saturated rings. The monoisotopic (exact) mass is 316 g/mol. The highest BCUT2D eigenvalue weighted by Crippen LogP contribution is 2.33. The van der Waals surface area contributed by atoms with Crippen molar-refractivity contribution in [2.75, 3.05) is 0 Å². The average molecular weight is 318 g/mol. The highest BCUT2D eigenvalue weighted by atomic mass is 79.9. The number of hydrogen-bond donors (Lipinski definition) is 1. The van der Waals surface area contributed by atoms with Crippen LogP contribution >= 0.6 is 27.5 Å². The summed E-state index contributed by atoms with van der Waals surface area (Å²) in [6.07, 6.45) is 3.91. The van der Waals surface area contributed by atoms with Gasteiger partial charge in [0, 0.05) is 9.50 Å². The first-order chi connectivity index (χ1) is 8.06. The fourth-order valence-corrected chi connectivity index (χ4v) is 3.42. The standard InChI is InChI=1S/C14H18BrClO/c1-9-2-5-14(17)11(6-9)7-10-3-4-12(15)8-13(10)16/h3-4,8-9,11,14,17H,2,5-7H2,1H3. The SMILES string of the molecule is CC1CCC(O)C(Cc2ccc(Br)cc2Cl)C1. The van der Waals surface area contributed by atoms with Crippen LogP contribution in [0.2, 0.25) is 5.02 Å². The molecule has 17 heavy (non-hydrogen) atoms. The highest BCUT2D eigenvalue weighted by Gasteiger charge is 2.27. The summed E-state index contributed by atoms with van der Waals surface area (Å²) in [4.78, 5) is 0. The van der Waals surface area contributed by atoms with Crippen LogP contribution in [-0.4, -0.2) is 11.2 Å². The molecule has 0 radical (unpaired) electrons. The number of benzene rings is 1. The summed E-state index contributed by atoms with van der Waals surface area (Å²) in [5.41, 5.74) is 1.15. The lowest BCUT2D eigenvalue weighted by atomic mass is 9.77. The van der Waals surface area contributed by atoms with Crippen LogP contribution in [0.15, 0.2) is 22.7 Å². The first kappa shape index (κ1) is 13.4. The Labute approximate surface area is 116 Å². The lowest BCUT2D eigenvalue weighted by Crippen LogP contribution is -2.29. The van der Waals surface area contributed by atoms with Crippen molar-refractivity contribution in [1.29, 1.82) is 0 Å². The maximum atomic E-state index is 10.0. The lowest BCUT2D eigenvalue weighted by molar-refractivity contribution is 0.0519. The van der Waals surface area contributed by atoms with E-state index in [-0.39, 0.29) is 6.10 Å². The zero-order chi connectivity index (χ0) is 12.4. The molecule has 0 bridgehead atoms. The van der Waals surface area contributed by atoms with E-state index >= 15 is 0 Å². The molecule has 1 aliphatic rings. The van der Waals surface area contributed by atoms with Crippen molar-refractivity contribution < 1.29 is 5.11 Å². The zero-order valence-electron chi connectivity index (χ0n) is 10.00.